The number of likely N-dealkylation sites (tertiary alicyclic amines) is 1. The zero-order valence-corrected chi connectivity index (χ0v) is 16.5. The summed E-state index contributed by atoms with van der Waals surface area (Å²) in [7, 11) is 0. The van der Waals surface area contributed by atoms with Gasteiger partial charge >= 0.3 is 6.03 Å². The molecule has 3 rings (SSSR count). The molecule has 0 aliphatic carbocycles. The molecule has 142 valence electrons. The summed E-state index contributed by atoms with van der Waals surface area (Å²) in [6, 6.07) is 11.4. The summed E-state index contributed by atoms with van der Waals surface area (Å²) >= 11 is 12.1. The van der Waals surface area contributed by atoms with Crippen LogP contribution in [0.3, 0.4) is 0 Å². The van der Waals surface area contributed by atoms with E-state index in [2.05, 4.69) is 10.6 Å². The van der Waals surface area contributed by atoms with E-state index in [0.717, 1.165) is 31.5 Å². The summed E-state index contributed by atoms with van der Waals surface area (Å²) in [6.45, 7) is 3.46. The molecule has 1 atom stereocenters. The second-order valence-electron chi connectivity index (χ2n) is 6.56. The van der Waals surface area contributed by atoms with Gasteiger partial charge in [0.05, 0.1) is 6.04 Å². The first-order chi connectivity index (χ1) is 12.9. The standard InChI is InChI=1S/C20H21Cl2N3O2/c1-13(17-9-6-15(21)12-18(17)22)23-20(27)24-16-7-4-14(5-8-16)19(26)25-10-2-3-11-25/h4-9,12-13H,2-3,10-11H2,1H3,(H2,23,24,27). The van der Waals surface area contributed by atoms with Crippen molar-refractivity contribution < 1.29 is 9.59 Å². The zero-order valence-electron chi connectivity index (χ0n) is 15.0. The van der Waals surface area contributed by atoms with Crippen LogP contribution >= 0.6 is 23.2 Å². The van der Waals surface area contributed by atoms with Crippen molar-refractivity contribution in [2.45, 2.75) is 25.8 Å². The molecule has 0 aromatic heterocycles. The monoisotopic (exact) mass is 405 g/mol. The molecule has 7 heteroatoms. The lowest BCUT2D eigenvalue weighted by Gasteiger charge is -2.17. The minimum Gasteiger partial charge on any atom is -0.339 e. The van der Waals surface area contributed by atoms with Gasteiger partial charge in [-0.15, -0.1) is 0 Å². The molecular formula is C20H21Cl2N3O2. The highest BCUT2D eigenvalue weighted by atomic mass is 35.5. The van der Waals surface area contributed by atoms with Crippen LogP contribution in [0.4, 0.5) is 10.5 Å². The van der Waals surface area contributed by atoms with E-state index in [4.69, 9.17) is 23.2 Å². The van der Waals surface area contributed by atoms with Gasteiger partial charge in [0.25, 0.3) is 5.91 Å². The van der Waals surface area contributed by atoms with E-state index < -0.39 is 0 Å². The Hall–Kier alpha value is -2.24. The maximum Gasteiger partial charge on any atom is 0.319 e. The van der Waals surface area contributed by atoms with Crippen molar-refractivity contribution in [2.75, 3.05) is 18.4 Å². The quantitative estimate of drug-likeness (QED) is 0.741. The Morgan fingerprint density at radius 3 is 2.33 bits per heavy atom. The number of carbonyl (C=O) groups is 2. The first kappa shape index (κ1) is 19.5. The molecule has 2 aromatic carbocycles. The van der Waals surface area contributed by atoms with Crippen LogP contribution in [0.25, 0.3) is 0 Å². The second-order valence-corrected chi connectivity index (χ2v) is 7.41. The summed E-state index contributed by atoms with van der Waals surface area (Å²) in [5.41, 5.74) is 2.02. The van der Waals surface area contributed by atoms with Gasteiger partial charge in [-0.2, -0.15) is 0 Å². The molecule has 1 saturated heterocycles. The van der Waals surface area contributed by atoms with Crippen LogP contribution in [0.15, 0.2) is 42.5 Å². The molecule has 1 fully saturated rings. The van der Waals surface area contributed by atoms with Crippen molar-refractivity contribution in [3.05, 3.63) is 63.6 Å². The van der Waals surface area contributed by atoms with Gasteiger partial charge in [-0.05, 0) is 61.7 Å². The van der Waals surface area contributed by atoms with Gasteiger partial charge < -0.3 is 15.5 Å². The van der Waals surface area contributed by atoms with Crippen molar-refractivity contribution >= 4 is 40.8 Å². The van der Waals surface area contributed by atoms with E-state index >= 15 is 0 Å². The fourth-order valence-electron chi connectivity index (χ4n) is 3.09. The molecule has 3 amide bonds. The van der Waals surface area contributed by atoms with Crippen LogP contribution in [0.2, 0.25) is 10.0 Å². The van der Waals surface area contributed by atoms with Gasteiger partial charge in [-0.25, -0.2) is 4.79 Å². The number of amides is 3. The Labute approximate surface area is 168 Å². The summed E-state index contributed by atoms with van der Waals surface area (Å²) in [5.74, 6) is 0.0366. The number of carbonyl (C=O) groups excluding carboxylic acids is 2. The normalized spacial score (nSPS) is 14.7. The molecule has 1 unspecified atom stereocenters. The van der Waals surface area contributed by atoms with Gasteiger partial charge in [0.15, 0.2) is 0 Å². The molecule has 1 aliphatic rings. The van der Waals surface area contributed by atoms with E-state index in [1.54, 1.807) is 42.5 Å². The lowest BCUT2D eigenvalue weighted by Crippen LogP contribution is -2.31. The van der Waals surface area contributed by atoms with Crippen molar-refractivity contribution in [1.82, 2.24) is 10.2 Å². The Morgan fingerprint density at radius 2 is 1.70 bits per heavy atom. The third kappa shape index (κ3) is 4.93. The predicted octanol–water partition coefficient (Wildman–Crippen LogP) is 5.11. The molecular weight excluding hydrogens is 385 g/mol. The predicted molar refractivity (Wildman–Crippen MR) is 109 cm³/mol. The summed E-state index contributed by atoms with van der Waals surface area (Å²) in [4.78, 5) is 26.4. The molecule has 2 N–H and O–H groups in total. The number of nitrogens with zero attached hydrogens (tertiary/aromatic N) is 1. The van der Waals surface area contributed by atoms with Gasteiger partial charge in [-0.1, -0.05) is 29.3 Å². The third-order valence-corrected chi connectivity index (χ3v) is 5.12. The number of rotatable bonds is 4. The van der Waals surface area contributed by atoms with Crippen LogP contribution in [-0.4, -0.2) is 29.9 Å². The lowest BCUT2D eigenvalue weighted by molar-refractivity contribution is 0.0793. The summed E-state index contributed by atoms with van der Waals surface area (Å²) < 4.78 is 0. The number of anilines is 1. The Balaban J connectivity index is 1.58. The highest BCUT2D eigenvalue weighted by Gasteiger charge is 2.19. The number of urea groups is 1. The van der Waals surface area contributed by atoms with E-state index in [9.17, 15) is 9.59 Å². The SMILES string of the molecule is CC(NC(=O)Nc1ccc(C(=O)N2CCCC2)cc1)c1ccc(Cl)cc1Cl. The topological polar surface area (TPSA) is 61.4 Å². The maximum absolute atomic E-state index is 12.3. The van der Waals surface area contributed by atoms with Crippen LogP contribution in [-0.2, 0) is 0 Å². The van der Waals surface area contributed by atoms with Gasteiger partial charge in [-0.3, -0.25) is 4.79 Å². The number of benzene rings is 2. The van der Waals surface area contributed by atoms with E-state index in [0.29, 0.717) is 21.3 Å². The largest absolute Gasteiger partial charge is 0.339 e. The highest BCUT2D eigenvalue weighted by Crippen LogP contribution is 2.26. The zero-order chi connectivity index (χ0) is 19.4. The molecule has 0 saturated carbocycles. The van der Waals surface area contributed by atoms with Crippen molar-refractivity contribution in [3.63, 3.8) is 0 Å². The van der Waals surface area contributed by atoms with Crippen molar-refractivity contribution in [2.24, 2.45) is 0 Å². The van der Waals surface area contributed by atoms with E-state index in [1.165, 1.54) is 0 Å². The number of hydrogen-bond donors (Lipinski definition) is 2. The molecule has 5 nitrogen and oxygen atoms in total. The Morgan fingerprint density at radius 1 is 1.04 bits per heavy atom. The minimum atomic E-state index is -0.355. The van der Waals surface area contributed by atoms with Gasteiger partial charge in [0.1, 0.15) is 0 Å². The fraction of sp³-hybridized carbons (Fsp3) is 0.300. The third-order valence-electron chi connectivity index (χ3n) is 4.56. The first-order valence-corrected chi connectivity index (χ1v) is 9.61. The molecule has 0 spiro atoms. The number of halogens is 2. The summed E-state index contributed by atoms with van der Waals surface area (Å²) in [6.07, 6.45) is 2.11. The average molecular weight is 406 g/mol. The maximum atomic E-state index is 12.3. The lowest BCUT2D eigenvalue weighted by atomic mass is 10.1. The van der Waals surface area contributed by atoms with Crippen molar-refractivity contribution in [3.8, 4) is 0 Å². The van der Waals surface area contributed by atoms with Gasteiger partial charge in [0.2, 0.25) is 0 Å². The number of hydrogen-bond acceptors (Lipinski definition) is 2. The van der Waals surface area contributed by atoms with Crippen LogP contribution < -0.4 is 10.6 Å². The van der Waals surface area contributed by atoms with Crippen molar-refractivity contribution in [1.29, 1.82) is 0 Å². The number of nitrogens with one attached hydrogen (secondary N) is 2. The smallest absolute Gasteiger partial charge is 0.319 e. The molecule has 2 aromatic rings. The van der Waals surface area contributed by atoms with E-state index in [-0.39, 0.29) is 18.0 Å². The molecule has 27 heavy (non-hydrogen) atoms. The van der Waals surface area contributed by atoms with Gasteiger partial charge in [0, 0.05) is 34.4 Å². The molecule has 1 heterocycles. The van der Waals surface area contributed by atoms with Crippen LogP contribution in [0.5, 0.6) is 0 Å². The first-order valence-electron chi connectivity index (χ1n) is 8.86. The van der Waals surface area contributed by atoms with Crippen LogP contribution in [0, 0.1) is 0 Å². The highest BCUT2D eigenvalue weighted by molar-refractivity contribution is 6.35. The molecule has 0 bridgehead atoms. The Kier molecular flexibility index (Phi) is 6.24. The second kappa shape index (κ2) is 8.63. The molecule has 0 radical (unpaired) electrons. The van der Waals surface area contributed by atoms with E-state index in [1.807, 2.05) is 11.8 Å². The average Bonchev–Trinajstić information content (AvgIpc) is 3.16. The molecule has 1 aliphatic heterocycles. The summed E-state index contributed by atoms with van der Waals surface area (Å²) in [5, 5.41) is 6.64. The Bertz CT molecular complexity index is 834. The van der Waals surface area contributed by atoms with Crippen LogP contribution in [0.1, 0.15) is 41.7 Å². The fourth-order valence-corrected chi connectivity index (χ4v) is 3.67. The minimum absolute atomic E-state index is 0.0366.